The molecule has 0 aliphatic heterocycles. The van der Waals surface area contributed by atoms with Gasteiger partial charge in [0.2, 0.25) is 5.91 Å². The number of carbonyl (C=O) groups is 1. The first kappa shape index (κ1) is 21.0. The van der Waals surface area contributed by atoms with E-state index in [0.717, 1.165) is 29.3 Å². The molecule has 1 heterocycles. The van der Waals surface area contributed by atoms with Crippen molar-refractivity contribution in [3.8, 4) is 0 Å². The normalized spacial score (nSPS) is 17.1. The SMILES string of the molecule is O=C(CSc1nonc1/C(=N/O)N[C@H]1CCc2ccc(F)cc21)NCC(O)CO. The topological polar surface area (TPSA) is 153 Å². The molecule has 0 spiro atoms. The van der Waals surface area contributed by atoms with Gasteiger partial charge in [0.25, 0.3) is 0 Å². The number of hydrogen-bond acceptors (Lipinski definition) is 9. The molecule has 156 valence electrons. The lowest BCUT2D eigenvalue weighted by Crippen LogP contribution is -2.35. The summed E-state index contributed by atoms with van der Waals surface area (Å²) >= 11 is 0.995. The van der Waals surface area contributed by atoms with E-state index in [2.05, 4.69) is 26.1 Å². The number of aliphatic hydroxyl groups excluding tert-OH is 2. The highest BCUT2D eigenvalue weighted by Crippen LogP contribution is 2.32. The third-order valence-electron chi connectivity index (χ3n) is 4.36. The number of hydrogen-bond donors (Lipinski definition) is 5. The van der Waals surface area contributed by atoms with Crippen molar-refractivity contribution in [2.75, 3.05) is 18.9 Å². The van der Waals surface area contributed by atoms with Crippen LogP contribution in [0.15, 0.2) is 33.0 Å². The van der Waals surface area contributed by atoms with Crippen LogP contribution in [-0.4, -0.2) is 62.5 Å². The number of aliphatic hydroxyl groups is 2. The minimum absolute atomic E-state index is 0.00743. The second-order valence-electron chi connectivity index (χ2n) is 6.37. The summed E-state index contributed by atoms with van der Waals surface area (Å²) in [5.74, 6) is -0.814. The van der Waals surface area contributed by atoms with Gasteiger partial charge < -0.3 is 26.1 Å². The van der Waals surface area contributed by atoms with E-state index in [0.29, 0.717) is 6.42 Å². The van der Waals surface area contributed by atoms with Crippen LogP contribution in [0.3, 0.4) is 0 Å². The summed E-state index contributed by atoms with van der Waals surface area (Å²) in [6, 6.07) is 4.30. The van der Waals surface area contributed by atoms with Gasteiger partial charge in [0, 0.05) is 6.54 Å². The van der Waals surface area contributed by atoms with Gasteiger partial charge in [-0.3, -0.25) is 4.79 Å². The lowest BCUT2D eigenvalue weighted by molar-refractivity contribution is -0.119. The average Bonchev–Trinajstić information content (AvgIpc) is 3.35. The van der Waals surface area contributed by atoms with Crippen LogP contribution in [-0.2, 0) is 11.2 Å². The molecule has 3 rings (SSSR count). The van der Waals surface area contributed by atoms with Crippen molar-refractivity contribution in [2.24, 2.45) is 5.16 Å². The second kappa shape index (κ2) is 9.67. The molecule has 2 aromatic rings. The zero-order chi connectivity index (χ0) is 20.8. The quantitative estimate of drug-likeness (QED) is 0.131. The van der Waals surface area contributed by atoms with Gasteiger partial charge >= 0.3 is 0 Å². The van der Waals surface area contributed by atoms with Gasteiger partial charge in [0.1, 0.15) is 5.82 Å². The molecule has 1 aliphatic carbocycles. The van der Waals surface area contributed by atoms with E-state index in [1.54, 1.807) is 6.07 Å². The first-order valence-electron chi connectivity index (χ1n) is 8.80. The predicted octanol–water partition coefficient (Wildman–Crippen LogP) is 0.183. The fraction of sp³-hybridized carbons (Fsp3) is 0.412. The molecule has 0 radical (unpaired) electrons. The number of halogens is 1. The third kappa shape index (κ3) is 5.22. The Balaban J connectivity index is 1.63. The Labute approximate surface area is 169 Å². The second-order valence-corrected chi connectivity index (χ2v) is 7.34. The zero-order valence-corrected chi connectivity index (χ0v) is 16.0. The highest BCUT2D eigenvalue weighted by molar-refractivity contribution is 8.00. The maximum atomic E-state index is 13.6. The fourth-order valence-corrected chi connectivity index (χ4v) is 3.66. The van der Waals surface area contributed by atoms with Gasteiger partial charge in [-0.2, -0.15) is 0 Å². The summed E-state index contributed by atoms with van der Waals surface area (Å²) in [5.41, 5.74) is 1.90. The number of carbonyl (C=O) groups excluding carboxylic acids is 1. The number of oxime groups is 1. The number of aryl methyl sites for hydroxylation is 1. The van der Waals surface area contributed by atoms with Gasteiger partial charge in [0.05, 0.1) is 24.5 Å². The van der Waals surface area contributed by atoms with Crippen LogP contribution in [0, 0.1) is 5.82 Å². The number of nitrogens with zero attached hydrogens (tertiary/aromatic N) is 3. The Morgan fingerprint density at radius 1 is 1.45 bits per heavy atom. The molecule has 5 N–H and O–H groups in total. The molecule has 12 heteroatoms. The summed E-state index contributed by atoms with van der Waals surface area (Å²) < 4.78 is 18.3. The minimum Gasteiger partial charge on any atom is -0.409 e. The Bertz CT molecular complexity index is 893. The molecule has 2 atom stereocenters. The molecule has 0 saturated heterocycles. The number of amidine groups is 1. The first-order chi connectivity index (χ1) is 14.0. The Morgan fingerprint density at radius 2 is 2.28 bits per heavy atom. The lowest BCUT2D eigenvalue weighted by Gasteiger charge is -2.15. The number of thioether (sulfide) groups is 1. The van der Waals surface area contributed by atoms with Gasteiger partial charge in [0.15, 0.2) is 16.6 Å². The maximum absolute atomic E-state index is 13.6. The van der Waals surface area contributed by atoms with Crippen LogP contribution in [0.5, 0.6) is 0 Å². The van der Waals surface area contributed by atoms with Crippen LogP contribution in [0.1, 0.15) is 29.3 Å². The van der Waals surface area contributed by atoms with Crippen LogP contribution >= 0.6 is 11.8 Å². The molecule has 1 amide bonds. The molecule has 1 aromatic carbocycles. The van der Waals surface area contributed by atoms with Crippen molar-refractivity contribution < 1.29 is 29.2 Å². The number of aromatic nitrogens is 2. The summed E-state index contributed by atoms with van der Waals surface area (Å²) in [6.45, 7) is -0.538. The van der Waals surface area contributed by atoms with Gasteiger partial charge in [-0.05, 0) is 46.4 Å². The number of nitrogens with one attached hydrogen (secondary N) is 2. The molecule has 10 nitrogen and oxygen atoms in total. The standard InChI is InChI=1S/C17H20FN5O5S/c18-10-3-1-9-2-4-13(12(9)5-10)20-16(21-27)15-17(23-28-22-15)29-8-14(26)19-6-11(25)7-24/h1,3,5,11,13,24-25,27H,2,4,6-8H2,(H,19,26)(H,20,21)/t11?,13-/m0/s1. The van der Waals surface area contributed by atoms with Crippen LogP contribution in [0.4, 0.5) is 4.39 Å². The highest BCUT2D eigenvalue weighted by Gasteiger charge is 2.27. The molecular weight excluding hydrogens is 405 g/mol. The van der Waals surface area contributed by atoms with Gasteiger partial charge in [-0.15, -0.1) is 0 Å². The highest BCUT2D eigenvalue weighted by atomic mass is 32.2. The molecule has 1 aliphatic rings. The van der Waals surface area contributed by atoms with E-state index in [4.69, 9.17) is 9.74 Å². The van der Waals surface area contributed by atoms with Crippen molar-refractivity contribution in [3.05, 3.63) is 40.8 Å². The van der Waals surface area contributed by atoms with E-state index >= 15 is 0 Å². The zero-order valence-electron chi connectivity index (χ0n) is 15.2. The van der Waals surface area contributed by atoms with E-state index < -0.39 is 18.6 Å². The van der Waals surface area contributed by atoms with Crippen molar-refractivity contribution >= 4 is 23.5 Å². The monoisotopic (exact) mass is 425 g/mol. The summed E-state index contributed by atoms with van der Waals surface area (Å²) in [4.78, 5) is 11.8. The van der Waals surface area contributed by atoms with Crippen molar-refractivity contribution in [1.29, 1.82) is 0 Å². The molecular formula is C17H20FN5O5S. The molecule has 1 aromatic heterocycles. The molecule has 0 fully saturated rings. The fourth-order valence-electron chi connectivity index (χ4n) is 2.93. The van der Waals surface area contributed by atoms with E-state index in [1.807, 2.05) is 0 Å². The maximum Gasteiger partial charge on any atom is 0.230 e. The number of amides is 1. The van der Waals surface area contributed by atoms with Crippen LogP contribution in [0.2, 0.25) is 0 Å². The van der Waals surface area contributed by atoms with Gasteiger partial charge in [-0.1, -0.05) is 23.0 Å². The average molecular weight is 425 g/mol. The minimum atomic E-state index is -1.04. The number of rotatable bonds is 8. The Morgan fingerprint density at radius 3 is 3.03 bits per heavy atom. The molecule has 0 saturated carbocycles. The predicted molar refractivity (Wildman–Crippen MR) is 100 cm³/mol. The summed E-state index contributed by atoms with van der Waals surface area (Å²) in [7, 11) is 0. The van der Waals surface area contributed by atoms with Crippen molar-refractivity contribution in [3.63, 3.8) is 0 Å². The first-order valence-corrected chi connectivity index (χ1v) is 9.78. The Hall–Kier alpha value is -2.70. The smallest absolute Gasteiger partial charge is 0.230 e. The van der Waals surface area contributed by atoms with E-state index in [9.17, 15) is 19.5 Å². The van der Waals surface area contributed by atoms with E-state index in [1.165, 1.54) is 12.1 Å². The largest absolute Gasteiger partial charge is 0.409 e. The van der Waals surface area contributed by atoms with Crippen molar-refractivity contribution in [2.45, 2.75) is 30.0 Å². The lowest BCUT2D eigenvalue weighted by atomic mass is 10.1. The van der Waals surface area contributed by atoms with Crippen LogP contribution < -0.4 is 10.6 Å². The number of benzene rings is 1. The molecule has 0 bridgehead atoms. The number of fused-ring (bicyclic) bond motifs is 1. The summed E-state index contributed by atoms with van der Waals surface area (Å²) in [6.07, 6.45) is 0.399. The van der Waals surface area contributed by atoms with Crippen molar-refractivity contribution in [1.82, 2.24) is 20.9 Å². The summed E-state index contributed by atoms with van der Waals surface area (Å²) in [5, 5.41) is 43.8. The van der Waals surface area contributed by atoms with Gasteiger partial charge in [-0.25, -0.2) is 9.02 Å². The molecule has 1 unspecified atom stereocenters. The molecule has 29 heavy (non-hydrogen) atoms. The Kier molecular flexibility index (Phi) is 7.01. The van der Waals surface area contributed by atoms with Crippen LogP contribution in [0.25, 0.3) is 0 Å². The third-order valence-corrected chi connectivity index (χ3v) is 5.31. The van der Waals surface area contributed by atoms with E-state index in [-0.39, 0.29) is 40.7 Å².